The summed E-state index contributed by atoms with van der Waals surface area (Å²) in [5, 5.41) is 116. The van der Waals surface area contributed by atoms with Crippen molar-refractivity contribution < 1.29 is 93.9 Å². The summed E-state index contributed by atoms with van der Waals surface area (Å²) in [4.78, 5) is 23.7. The molecule has 22 nitrogen and oxygen atoms in total. The lowest BCUT2D eigenvalue weighted by molar-refractivity contribution is -0.385. The maximum Gasteiger partial charge on any atom is 0.340 e. The van der Waals surface area contributed by atoms with Gasteiger partial charge in [0.1, 0.15) is 67.1 Å². The van der Waals surface area contributed by atoms with Crippen molar-refractivity contribution in [1.82, 2.24) is 0 Å². The highest BCUT2D eigenvalue weighted by Gasteiger charge is 2.55. The first kappa shape index (κ1) is 42.5. The number of hydrogen-bond donors (Lipinski definition) is 11. The van der Waals surface area contributed by atoms with Crippen LogP contribution < -0.4 is 5.73 Å². The Bertz CT molecular complexity index is 1600. The first-order valence-corrected chi connectivity index (χ1v) is 17.0. The molecule has 5 rings (SSSR count). The maximum atomic E-state index is 13.3. The molecule has 3 saturated heterocycles. The van der Waals surface area contributed by atoms with Crippen LogP contribution in [0.2, 0.25) is 0 Å². The number of nitrogens with zero attached hydrogens (tertiary/aromatic N) is 1. The van der Waals surface area contributed by atoms with Crippen LogP contribution in [0, 0.1) is 10.1 Å². The van der Waals surface area contributed by atoms with Crippen LogP contribution in [-0.4, -0.2) is 181 Å². The van der Waals surface area contributed by atoms with Gasteiger partial charge in [-0.15, -0.1) is 0 Å². The molecule has 2 aromatic carbocycles. The first-order valence-electron chi connectivity index (χ1n) is 17.0. The summed E-state index contributed by atoms with van der Waals surface area (Å²) < 4.78 is 39.6. The van der Waals surface area contributed by atoms with E-state index >= 15 is 0 Å². The van der Waals surface area contributed by atoms with E-state index in [9.17, 15) is 66.0 Å². The van der Waals surface area contributed by atoms with Crippen molar-refractivity contribution in [3.05, 3.63) is 63.7 Å². The molecule has 22 heteroatoms. The standard InChI is InChI=1S/C33H44N2O20/c34-15-4-2-1-3-14(15)30(46)53-29-26(45)28(54-32-24(43)22(41)21(40)18(10-36)50-32)20(12-38)52-33(29)55-27-19(11-37)51-31(25(44)23(27)42)49-8-7-13-5-6-17(39)16(9-13)35(47)48/h1-6,9,18-29,31-33,36-45H,7-8,10-12,34H2/t18-,19-,20-,21-,22+,23-,24-,25-,26+,27-,28-,29-,31-,32-,33-/m1/s1. The highest BCUT2D eigenvalue weighted by molar-refractivity contribution is 5.95. The number of carbonyl (C=O) groups excluding carboxylic acids is 1. The quantitative estimate of drug-likeness (QED) is 0.0374. The second kappa shape index (κ2) is 18.5. The normalized spacial score (nSPS) is 36.6. The molecule has 15 atom stereocenters. The van der Waals surface area contributed by atoms with Crippen LogP contribution >= 0.6 is 0 Å². The number of rotatable bonds is 14. The molecular weight excluding hydrogens is 744 g/mol. The van der Waals surface area contributed by atoms with Gasteiger partial charge in [-0.3, -0.25) is 10.1 Å². The van der Waals surface area contributed by atoms with E-state index in [1.165, 1.54) is 30.3 Å². The Labute approximate surface area is 311 Å². The van der Waals surface area contributed by atoms with E-state index in [1.54, 1.807) is 0 Å². The number of esters is 1. The number of aromatic hydroxyl groups is 1. The molecule has 0 spiro atoms. The van der Waals surface area contributed by atoms with Gasteiger partial charge in [-0.1, -0.05) is 18.2 Å². The number of aliphatic hydroxyl groups is 9. The van der Waals surface area contributed by atoms with Crippen molar-refractivity contribution in [2.45, 2.75) is 98.5 Å². The highest BCUT2D eigenvalue weighted by atomic mass is 16.8. The van der Waals surface area contributed by atoms with Gasteiger partial charge in [-0.05, 0) is 30.2 Å². The average Bonchev–Trinajstić information content (AvgIpc) is 3.17. The number of benzene rings is 2. The topological polar surface area (TPSA) is 353 Å². The van der Waals surface area contributed by atoms with E-state index in [2.05, 4.69) is 0 Å². The molecule has 12 N–H and O–H groups in total. The predicted molar refractivity (Wildman–Crippen MR) is 178 cm³/mol. The number of phenolic OH excluding ortho intramolecular Hbond substituents is 1. The fourth-order valence-electron chi connectivity index (χ4n) is 6.33. The molecule has 0 bridgehead atoms. The number of carbonyl (C=O) groups is 1. The van der Waals surface area contributed by atoms with Gasteiger partial charge >= 0.3 is 11.7 Å². The Kier molecular flexibility index (Phi) is 14.3. The van der Waals surface area contributed by atoms with Crippen molar-refractivity contribution in [3.63, 3.8) is 0 Å². The molecule has 3 aliphatic heterocycles. The Morgan fingerprint density at radius 2 is 1.31 bits per heavy atom. The fraction of sp³-hybridized carbons (Fsp3) is 0.606. The van der Waals surface area contributed by atoms with Crippen molar-refractivity contribution in [1.29, 1.82) is 0 Å². The highest BCUT2D eigenvalue weighted by Crippen LogP contribution is 2.35. The van der Waals surface area contributed by atoms with Gasteiger partial charge in [0.25, 0.3) is 0 Å². The first-order chi connectivity index (χ1) is 26.2. The van der Waals surface area contributed by atoms with Crippen LogP contribution in [-0.2, 0) is 39.6 Å². The minimum atomic E-state index is -2.02. The molecule has 0 aliphatic carbocycles. The zero-order valence-electron chi connectivity index (χ0n) is 28.8. The van der Waals surface area contributed by atoms with E-state index < -0.39 is 134 Å². The Hall–Kier alpha value is -3.69. The fourth-order valence-corrected chi connectivity index (χ4v) is 6.33. The molecule has 0 aromatic heterocycles. The van der Waals surface area contributed by atoms with E-state index in [0.717, 1.165) is 12.1 Å². The van der Waals surface area contributed by atoms with Crippen LogP contribution in [0.25, 0.3) is 0 Å². The van der Waals surface area contributed by atoms with Crippen molar-refractivity contribution in [2.24, 2.45) is 0 Å². The van der Waals surface area contributed by atoms with E-state index in [0.29, 0.717) is 5.56 Å². The number of nitro groups is 1. The molecule has 0 amide bonds. The Morgan fingerprint density at radius 1 is 0.727 bits per heavy atom. The SMILES string of the molecule is Nc1ccccc1C(=O)O[C@H]1[C@@H](O[C@H]2[C@H](O)[C@@H](O)[C@H](OCCc3ccc(O)c([N+](=O)[O-])c3)O[C@@H]2CO)O[C@H](CO)[C@@H](O[C@H]2O[C@H](CO)[C@@H](O)[C@H](O)[C@H]2O)[C@@H]1O. The molecule has 0 saturated carbocycles. The molecule has 306 valence electrons. The number of para-hydroxylation sites is 1. The Morgan fingerprint density at radius 3 is 1.95 bits per heavy atom. The van der Waals surface area contributed by atoms with Crippen LogP contribution in [0.1, 0.15) is 15.9 Å². The minimum Gasteiger partial charge on any atom is -0.502 e. The lowest BCUT2D eigenvalue weighted by atomic mass is 9.95. The summed E-state index contributed by atoms with van der Waals surface area (Å²) in [6, 6.07) is 9.36. The van der Waals surface area contributed by atoms with E-state index in [1.807, 2.05) is 0 Å². The monoisotopic (exact) mass is 788 g/mol. The van der Waals surface area contributed by atoms with Gasteiger partial charge in [-0.25, -0.2) is 4.79 Å². The number of anilines is 1. The van der Waals surface area contributed by atoms with Gasteiger partial charge in [0.2, 0.25) is 0 Å². The summed E-state index contributed by atoms with van der Waals surface area (Å²) in [6.07, 6.45) is -26.5. The average molecular weight is 789 g/mol. The summed E-state index contributed by atoms with van der Waals surface area (Å²) in [7, 11) is 0. The third kappa shape index (κ3) is 9.31. The number of phenols is 1. The summed E-state index contributed by atoms with van der Waals surface area (Å²) in [5.41, 5.74) is 5.60. The van der Waals surface area contributed by atoms with Crippen molar-refractivity contribution in [2.75, 3.05) is 32.2 Å². The van der Waals surface area contributed by atoms with Gasteiger partial charge < -0.3 is 90.0 Å². The third-order valence-electron chi connectivity index (χ3n) is 9.38. The summed E-state index contributed by atoms with van der Waals surface area (Å²) in [6.45, 7) is -2.82. The second-order valence-corrected chi connectivity index (χ2v) is 13.0. The molecule has 0 unspecified atom stereocenters. The number of nitrogen functional groups attached to an aromatic ring is 1. The van der Waals surface area contributed by atoms with Gasteiger partial charge in [0.15, 0.2) is 30.7 Å². The minimum absolute atomic E-state index is 0.0206. The molecular formula is C33H44N2O20. The van der Waals surface area contributed by atoms with Crippen LogP contribution in [0.15, 0.2) is 42.5 Å². The molecule has 2 aromatic rings. The van der Waals surface area contributed by atoms with E-state index in [4.69, 9.17) is 38.9 Å². The molecule has 3 heterocycles. The van der Waals surface area contributed by atoms with Gasteiger partial charge in [-0.2, -0.15) is 0 Å². The summed E-state index contributed by atoms with van der Waals surface area (Å²) in [5.74, 6) is -1.65. The lowest BCUT2D eigenvalue weighted by Crippen LogP contribution is -2.67. The number of aliphatic hydroxyl groups excluding tert-OH is 9. The van der Waals surface area contributed by atoms with Crippen LogP contribution in [0.3, 0.4) is 0 Å². The lowest BCUT2D eigenvalue weighted by Gasteiger charge is -2.48. The number of nitro benzene ring substituents is 1. The molecule has 0 radical (unpaired) electrons. The predicted octanol–water partition coefficient (Wildman–Crippen LogP) is -4.25. The number of ether oxygens (including phenoxy) is 7. The largest absolute Gasteiger partial charge is 0.502 e. The van der Waals surface area contributed by atoms with Crippen molar-refractivity contribution >= 4 is 17.3 Å². The molecule has 3 aliphatic rings. The van der Waals surface area contributed by atoms with Crippen LogP contribution in [0.4, 0.5) is 11.4 Å². The van der Waals surface area contributed by atoms with E-state index in [-0.39, 0.29) is 24.3 Å². The third-order valence-corrected chi connectivity index (χ3v) is 9.38. The smallest absolute Gasteiger partial charge is 0.340 e. The van der Waals surface area contributed by atoms with Crippen molar-refractivity contribution in [3.8, 4) is 5.75 Å². The number of nitrogens with two attached hydrogens (primary N) is 1. The van der Waals surface area contributed by atoms with Gasteiger partial charge in [0.05, 0.1) is 36.9 Å². The second-order valence-electron chi connectivity index (χ2n) is 13.0. The molecule has 55 heavy (non-hydrogen) atoms. The summed E-state index contributed by atoms with van der Waals surface area (Å²) >= 11 is 0. The zero-order chi connectivity index (χ0) is 40.1. The van der Waals surface area contributed by atoms with Crippen LogP contribution in [0.5, 0.6) is 5.75 Å². The van der Waals surface area contributed by atoms with Gasteiger partial charge in [0, 0.05) is 11.8 Å². The Balaban J connectivity index is 1.34. The maximum absolute atomic E-state index is 13.3. The molecule has 3 fully saturated rings. The zero-order valence-corrected chi connectivity index (χ0v) is 28.8. The number of hydrogen-bond acceptors (Lipinski definition) is 21.